The number of carbonyl (C=O) groups excluding carboxylic acids is 1. The normalized spacial score (nSPS) is 12.1. The molecule has 1 aromatic heterocycles. The molecule has 2 aromatic carbocycles. The number of amides is 1. The lowest BCUT2D eigenvalue weighted by atomic mass is 10.0. The van der Waals surface area contributed by atoms with E-state index in [2.05, 4.69) is 15.2 Å². The van der Waals surface area contributed by atoms with E-state index in [9.17, 15) is 4.79 Å². The van der Waals surface area contributed by atoms with Crippen LogP contribution in [0.1, 0.15) is 27.7 Å². The second-order valence-electron chi connectivity index (χ2n) is 7.15. The van der Waals surface area contributed by atoms with Crippen LogP contribution in [0.3, 0.4) is 0 Å². The van der Waals surface area contributed by atoms with Gasteiger partial charge in [-0.1, -0.05) is 12.1 Å². The Hall–Kier alpha value is -3.12. The lowest BCUT2D eigenvalue weighted by Crippen LogP contribution is -2.35. The van der Waals surface area contributed by atoms with E-state index < -0.39 is 0 Å². The van der Waals surface area contributed by atoms with Crippen LogP contribution >= 0.6 is 0 Å². The molecule has 1 unspecified atom stereocenters. The predicted octanol–water partition coefficient (Wildman–Crippen LogP) is 3.59. The third-order valence-corrected chi connectivity index (χ3v) is 5.02. The summed E-state index contributed by atoms with van der Waals surface area (Å²) in [4.78, 5) is 19.6. The minimum atomic E-state index is -0.137. The zero-order valence-corrected chi connectivity index (χ0v) is 17.5. The van der Waals surface area contributed by atoms with Gasteiger partial charge in [-0.3, -0.25) is 9.78 Å². The van der Waals surface area contributed by atoms with Crippen molar-refractivity contribution in [2.45, 2.75) is 13.0 Å². The highest BCUT2D eigenvalue weighted by Crippen LogP contribution is 2.24. The predicted molar refractivity (Wildman–Crippen MR) is 115 cm³/mol. The summed E-state index contributed by atoms with van der Waals surface area (Å²) in [7, 11) is 7.26. The van der Waals surface area contributed by atoms with E-state index in [0.717, 1.165) is 28.0 Å². The highest BCUT2D eigenvalue weighted by molar-refractivity contribution is 5.98. The molecule has 0 aliphatic rings. The molecule has 0 aliphatic heterocycles. The van der Waals surface area contributed by atoms with Crippen molar-refractivity contribution in [3.8, 4) is 11.5 Å². The third kappa shape index (κ3) is 4.66. The summed E-state index contributed by atoms with van der Waals surface area (Å²) in [6.45, 7) is 2.32. The fourth-order valence-electron chi connectivity index (χ4n) is 3.33. The van der Waals surface area contributed by atoms with Crippen LogP contribution in [0.2, 0.25) is 0 Å². The Morgan fingerprint density at radius 1 is 1.07 bits per heavy atom. The smallest absolute Gasteiger partial charge is 0.253 e. The van der Waals surface area contributed by atoms with E-state index in [1.54, 1.807) is 14.2 Å². The average molecular weight is 393 g/mol. The van der Waals surface area contributed by atoms with E-state index in [1.165, 1.54) is 0 Å². The molecule has 29 heavy (non-hydrogen) atoms. The number of nitrogens with one attached hydrogen (secondary N) is 1. The lowest BCUT2D eigenvalue weighted by Gasteiger charge is -2.25. The van der Waals surface area contributed by atoms with Gasteiger partial charge >= 0.3 is 0 Å². The number of pyridine rings is 1. The van der Waals surface area contributed by atoms with Crippen molar-refractivity contribution in [2.75, 3.05) is 34.9 Å². The first-order chi connectivity index (χ1) is 13.9. The first-order valence-electron chi connectivity index (χ1n) is 9.47. The highest BCUT2D eigenvalue weighted by atomic mass is 16.5. The van der Waals surface area contributed by atoms with Crippen LogP contribution in [0, 0.1) is 6.92 Å². The lowest BCUT2D eigenvalue weighted by molar-refractivity contribution is 0.0941. The van der Waals surface area contributed by atoms with Crippen LogP contribution in [0.25, 0.3) is 10.9 Å². The number of fused-ring (bicyclic) bond motifs is 1. The number of carbonyl (C=O) groups is 1. The van der Waals surface area contributed by atoms with E-state index in [1.807, 2.05) is 69.6 Å². The molecule has 152 valence electrons. The standard InChI is InChI=1S/C23H27N3O3/c1-15-20(12-16-9-10-19(29-5)13-21(16)25-15)23(27)24-14-22(26(2)3)17-7-6-8-18(11-17)28-4/h6-13,22H,14H2,1-5H3,(H,24,27). The number of rotatable bonds is 7. The number of hydrogen-bond acceptors (Lipinski definition) is 5. The van der Waals surface area contributed by atoms with Crippen LogP contribution in [0.5, 0.6) is 11.5 Å². The van der Waals surface area contributed by atoms with Crippen LogP contribution in [0.15, 0.2) is 48.5 Å². The van der Waals surface area contributed by atoms with Crippen LogP contribution in [-0.2, 0) is 0 Å². The zero-order valence-electron chi connectivity index (χ0n) is 17.5. The molecule has 1 heterocycles. The van der Waals surface area contributed by atoms with Gasteiger partial charge in [0.15, 0.2) is 0 Å². The number of benzene rings is 2. The second kappa shape index (κ2) is 8.92. The summed E-state index contributed by atoms with van der Waals surface area (Å²) in [6.07, 6.45) is 0. The summed E-state index contributed by atoms with van der Waals surface area (Å²) in [5.41, 5.74) is 3.15. The molecule has 0 saturated carbocycles. The van der Waals surface area contributed by atoms with Gasteiger partial charge in [0, 0.05) is 18.0 Å². The monoisotopic (exact) mass is 393 g/mol. The third-order valence-electron chi connectivity index (χ3n) is 5.02. The van der Waals surface area contributed by atoms with Gasteiger partial charge in [-0.15, -0.1) is 0 Å². The van der Waals surface area contributed by atoms with Crippen molar-refractivity contribution in [3.05, 3.63) is 65.4 Å². The van der Waals surface area contributed by atoms with E-state index >= 15 is 0 Å². The molecule has 6 nitrogen and oxygen atoms in total. The van der Waals surface area contributed by atoms with Crippen LogP contribution in [-0.4, -0.2) is 50.7 Å². The van der Waals surface area contributed by atoms with Crippen LogP contribution < -0.4 is 14.8 Å². The van der Waals surface area contributed by atoms with Crippen molar-refractivity contribution in [3.63, 3.8) is 0 Å². The molecular formula is C23H27N3O3. The van der Waals surface area contributed by atoms with Crippen molar-refractivity contribution in [2.24, 2.45) is 0 Å². The number of ether oxygens (including phenoxy) is 2. The molecule has 6 heteroatoms. The number of nitrogens with zero attached hydrogens (tertiary/aromatic N) is 2. The first kappa shape index (κ1) is 20.6. The minimum absolute atomic E-state index is 0.0204. The molecular weight excluding hydrogens is 366 g/mol. The molecule has 1 amide bonds. The Morgan fingerprint density at radius 2 is 1.79 bits per heavy atom. The van der Waals surface area contributed by atoms with E-state index in [4.69, 9.17) is 9.47 Å². The Labute approximate surface area is 171 Å². The number of methoxy groups -OCH3 is 2. The summed E-state index contributed by atoms with van der Waals surface area (Å²) >= 11 is 0. The van der Waals surface area contributed by atoms with Crippen molar-refractivity contribution < 1.29 is 14.3 Å². The molecule has 0 bridgehead atoms. The molecule has 3 aromatic rings. The van der Waals surface area contributed by atoms with Gasteiger partial charge in [-0.2, -0.15) is 0 Å². The Bertz CT molecular complexity index is 1020. The van der Waals surface area contributed by atoms with Gasteiger partial charge in [0.25, 0.3) is 5.91 Å². The SMILES string of the molecule is COc1cccc(C(CNC(=O)c2cc3ccc(OC)cc3nc2C)N(C)C)c1. The van der Waals surface area contributed by atoms with Crippen molar-refractivity contribution >= 4 is 16.8 Å². The molecule has 1 atom stereocenters. The zero-order chi connectivity index (χ0) is 21.0. The van der Waals surface area contributed by atoms with Gasteiger partial charge in [-0.05, 0) is 56.9 Å². The number of aromatic nitrogens is 1. The summed E-state index contributed by atoms with van der Waals surface area (Å²) < 4.78 is 10.6. The van der Waals surface area contributed by atoms with Gasteiger partial charge < -0.3 is 19.7 Å². The second-order valence-corrected chi connectivity index (χ2v) is 7.15. The molecule has 0 saturated heterocycles. The molecule has 0 aliphatic carbocycles. The molecule has 1 N–H and O–H groups in total. The average Bonchev–Trinajstić information content (AvgIpc) is 2.72. The van der Waals surface area contributed by atoms with Gasteiger partial charge in [-0.25, -0.2) is 0 Å². The van der Waals surface area contributed by atoms with E-state index in [-0.39, 0.29) is 11.9 Å². The minimum Gasteiger partial charge on any atom is -0.497 e. The largest absolute Gasteiger partial charge is 0.497 e. The van der Waals surface area contributed by atoms with Gasteiger partial charge in [0.1, 0.15) is 11.5 Å². The van der Waals surface area contributed by atoms with E-state index in [0.29, 0.717) is 17.8 Å². The first-order valence-corrected chi connectivity index (χ1v) is 9.47. The fraction of sp³-hybridized carbons (Fsp3) is 0.304. The summed E-state index contributed by atoms with van der Waals surface area (Å²) in [5.74, 6) is 1.40. The molecule has 0 radical (unpaired) electrons. The van der Waals surface area contributed by atoms with Crippen LogP contribution in [0.4, 0.5) is 0 Å². The summed E-state index contributed by atoms with van der Waals surface area (Å²) in [5, 5.41) is 3.96. The fourth-order valence-corrected chi connectivity index (χ4v) is 3.33. The number of likely N-dealkylation sites (N-methyl/N-ethyl adjacent to an activating group) is 1. The summed E-state index contributed by atoms with van der Waals surface area (Å²) in [6, 6.07) is 15.4. The van der Waals surface area contributed by atoms with Crippen molar-refractivity contribution in [1.29, 1.82) is 0 Å². The number of aryl methyl sites for hydroxylation is 1. The maximum atomic E-state index is 12.9. The Morgan fingerprint density at radius 3 is 2.48 bits per heavy atom. The Kier molecular flexibility index (Phi) is 6.34. The molecule has 3 rings (SSSR count). The highest BCUT2D eigenvalue weighted by Gasteiger charge is 2.18. The quantitative estimate of drug-likeness (QED) is 0.665. The molecule has 0 fully saturated rings. The van der Waals surface area contributed by atoms with Crippen molar-refractivity contribution in [1.82, 2.24) is 15.2 Å². The number of hydrogen-bond donors (Lipinski definition) is 1. The maximum absolute atomic E-state index is 12.9. The maximum Gasteiger partial charge on any atom is 0.253 e. The van der Waals surface area contributed by atoms with Gasteiger partial charge in [0.2, 0.25) is 0 Å². The topological polar surface area (TPSA) is 63.7 Å². The molecule has 0 spiro atoms. The van der Waals surface area contributed by atoms with Gasteiger partial charge in [0.05, 0.1) is 37.0 Å². The Balaban J connectivity index is 1.80.